The van der Waals surface area contributed by atoms with Crippen LogP contribution >= 0.6 is 11.6 Å². The largest absolute Gasteiger partial charge is 0.465 e. The van der Waals surface area contributed by atoms with Gasteiger partial charge >= 0.3 is 11.9 Å². The molecule has 5 heteroatoms. The Labute approximate surface area is 149 Å². The van der Waals surface area contributed by atoms with Crippen LogP contribution in [0.25, 0.3) is 0 Å². The Kier molecular flexibility index (Phi) is 8.83. The fourth-order valence-electron chi connectivity index (χ4n) is 2.08. The summed E-state index contributed by atoms with van der Waals surface area (Å²) in [5.41, 5.74) is -1.36. The quantitative estimate of drug-likeness (QED) is 0.251. The number of benzene rings is 1. The maximum Gasteiger partial charge on any atom is 0.328 e. The second kappa shape index (κ2) is 10.3. The second-order valence-electron chi connectivity index (χ2n) is 6.38. The van der Waals surface area contributed by atoms with Crippen LogP contribution in [-0.4, -0.2) is 18.5 Å². The third-order valence-electron chi connectivity index (χ3n) is 3.76. The van der Waals surface area contributed by atoms with Crippen molar-refractivity contribution >= 4 is 23.5 Å². The van der Waals surface area contributed by atoms with Crippen LogP contribution in [0.3, 0.4) is 0 Å². The van der Waals surface area contributed by atoms with E-state index in [2.05, 4.69) is 6.92 Å². The van der Waals surface area contributed by atoms with E-state index < -0.39 is 17.4 Å². The van der Waals surface area contributed by atoms with Crippen LogP contribution in [0.2, 0.25) is 5.02 Å². The summed E-state index contributed by atoms with van der Waals surface area (Å²) in [6, 6.07) is 6.49. The highest BCUT2D eigenvalue weighted by Crippen LogP contribution is 2.24. The zero-order valence-electron chi connectivity index (χ0n) is 14.8. The molecule has 0 aliphatic heterocycles. The Balaban J connectivity index is 2.39. The highest BCUT2D eigenvalue weighted by Gasteiger charge is 2.39. The van der Waals surface area contributed by atoms with Gasteiger partial charge in [0.2, 0.25) is 0 Å². The molecule has 0 saturated carbocycles. The van der Waals surface area contributed by atoms with Crippen molar-refractivity contribution in [2.24, 2.45) is 5.41 Å². The Bertz CT molecular complexity index is 540. The van der Waals surface area contributed by atoms with Gasteiger partial charge in [0.25, 0.3) is 0 Å². The summed E-state index contributed by atoms with van der Waals surface area (Å²) in [5.74, 6) is -0.912. The van der Waals surface area contributed by atoms with Gasteiger partial charge in [-0.25, -0.2) is 0 Å². The van der Waals surface area contributed by atoms with Gasteiger partial charge in [0.15, 0.2) is 5.41 Å². The summed E-state index contributed by atoms with van der Waals surface area (Å²) in [7, 11) is 0. The lowest BCUT2D eigenvalue weighted by molar-refractivity contribution is -0.164. The van der Waals surface area contributed by atoms with E-state index in [1.54, 1.807) is 18.2 Å². The third-order valence-corrected chi connectivity index (χ3v) is 3.99. The van der Waals surface area contributed by atoms with Gasteiger partial charge in [-0.2, -0.15) is 0 Å². The Morgan fingerprint density at radius 3 is 2.38 bits per heavy atom. The maximum absolute atomic E-state index is 12.2. The number of halogens is 1. The summed E-state index contributed by atoms with van der Waals surface area (Å²) < 4.78 is 10.5. The van der Waals surface area contributed by atoms with E-state index in [4.69, 9.17) is 21.1 Å². The normalized spacial score (nSPS) is 11.2. The molecule has 4 nitrogen and oxygen atoms in total. The van der Waals surface area contributed by atoms with Gasteiger partial charge in [0.1, 0.15) is 5.75 Å². The van der Waals surface area contributed by atoms with Crippen molar-refractivity contribution in [3.8, 4) is 5.75 Å². The SMILES string of the molecule is CCCCCCCCOC(=O)C(C)(C)C(=O)Oc1cccc(Cl)c1. The minimum absolute atomic E-state index is 0.310. The van der Waals surface area contributed by atoms with Crippen LogP contribution in [0.4, 0.5) is 0 Å². The smallest absolute Gasteiger partial charge is 0.328 e. The number of hydrogen-bond acceptors (Lipinski definition) is 4. The van der Waals surface area contributed by atoms with Crippen LogP contribution in [0.5, 0.6) is 5.75 Å². The van der Waals surface area contributed by atoms with Gasteiger partial charge < -0.3 is 9.47 Å². The molecule has 0 atom stereocenters. The summed E-state index contributed by atoms with van der Waals surface area (Å²) >= 11 is 5.85. The van der Waals surface area contributed by atoms with Crippen LogP contribution in [0.15, 0.2) is 24.3 Å². The van der Waals surface area contributed by atoms with Crippen molar-refractivity contribution in [1.29, 1.82) is 0 Å². The predicted molar refractivity (Wildman–Crippen MR) is 95.2 cm³/mol. The van der Waals surface area contributed by atoms with Crippen molar-refractivity contribution in [3.05, 3.63) is 29.3 Å². The lowest BCUT2D eigenvalue weighted by atomic mass is 9.94. The van der Waals surface area contributed by atoms with Crippen molar-refractivity contribution in [2.45, 2.75) is 59.3 Å². The van der Waals surface area contributed by atoms with Crippen molar-refractivity contribution < 1.29 is 19.1 Å². The van der Waals surface area contributed by atoms with E-state index in [1.807, 2.05) is 0 Å². The molecule has 0 amide bonds. The van der Waals surface area contributed by atoms with E-state index in [1.165, 1.54) is 39.2 Å². The molecule has 0 aliphatic rings. The first kappa shape index (κ1) is 20.5. The standard InChI is InChI=1S/C19H27ClO4/c1-4-5-6-7-8-9-13-23-17(21)19(2,3)18(22)24-16-12-10-11-15(20)14-16/h10-12,14H,4-9,13H2,1-3H3. The molecule has 0 spiro atoms. The van der Waals surface area contributed by atoms with E-state index in [9.17, 15) is 9.59 Å². The molecule has 0 unspecified atom stereocenters. The highest BCUT2D eigenvalue weighted by molar-refractivity contribution is 6.30. The zero-order valence-corrected chi connectivity index (χ0v) is 15.5. The van der Waals surface area contributed by atoms with Crippen LogP contribution in [0.1, 0.15) is 59.3 Å². The first-order valence-corrected chi connectivity index (χ1v) is 8.90. The molecule has 24 heavy (non-hydrogen) atoms. The van der Waals surface area contributed by atoms with Crippen molar-refractivity contribution in [2.75, 3.05) is 6.61 Å². The molecule has 0 saturated heterocycles. The molecule has 1 aromatic carbocycles. The Morgan fingerprint density at radius 1 is 1.04 bits per heavy atom. The van der Waals surface area contributed by atoms with Gasteiger partial charge in [-0.15, -0.1) is 0 Å². The average Bonchev–Trinajstić information content (AvgIpc) is 2.53. The summed E-state index contributed by atoms with van der Waals surface area (Å²) in [4.78, 5) is 24.4. The van der Waals surface area contributed by atoms with Gasteiger partial charge in [0.05, 0.1) is 6.61 Å². The molecule has 134 valence electrons. The Morgan fingerprint density at radius 2 is 1.71 bits per heavy atom. The van der Waals surface area contributed by atoms with Gasteiger partial charge in [-0.1, -0.05) is 56.7 Å². The number of carbonyl (C=O) groups excluding carboxylic acids is 2. The molecule has 0 aliphatic carbocycles. The number of hydrogen-bond donors (Lipinski definition) is 0. The molecular weight excluding hydrogens is 328 g/mol. The molecule has 1 aromatic rings. The lowest BCUT2D eigenvalue weighted by Gasteiger charge is -2.20. The number of rotatable bonds is 10. The predicted octanol–water partition coefficient (Wildman–Crippen LogP) is 5.18. The minimum atomic E-state index is -1.36. The average molecular weight is 355 g/mol. The topological polar surface area (TPSA) is 52.6 Å². The molecule has 1 rings (SSSR count). The van der Waals surface area contributed by atoms with Crippen molar-refractivity contribution in [1.82, 2.24) is 0 Å². The van der Waals surface area contributed by atoms with Gasteiger partial charge in [0, 0.05) is 5.02 Å². The van der Waals surface area contributed by atoms with Crippen LogP contribution < -0.4 is 4.74 Å². The fraction of sp³-hybridized carbons (Fsp3) is 0.579. The minimum Gasteiger partial charge on any atom is -0.465 e. The van der Waals surface area contributed by atoms with Crippen molar-refractivity contribution in [3.63, 3.8) is 0 Å². The van der Waals surface area contributed by atoms with E-state index >= 15 is 0 Å². The van der Waals surface area contributed by atoms with Crippen LogP contribution in [0, 0.1) is 5.41 Å². The molecule has 0 fully saturated rings. The molecule has 0 heterocycles. The number of esters is 2. The van der Waals surface area contributed by atoms with E-state index in [0.29, 0.717) is 17.4 Å². The summed E-state index contributed by atoms with van der Waals surface area (Å²) in [6.07, 6.45) is 6.64. The lowest BCUT2D eigenvalue weighted by Crippen LogP contribution is -2.38. The number of unbranched alkanes of at least 4 members (excludes halogenated alkanes) is 5. The zero-order chi connectivity index (χ0) is 18.0. The fourth-order valence-corrected chi connectivity index (χ4v) is 2.26. The number of ether oxygens (including phenoxy) is 2. The maximum atomic E-state index is 12.2. The Hall–Kier alpha value is -1.55. The molecular formula is C19H27ClO4. The van der Waals surface area contributed by atoms with E-state index in [0.717, 1.165) is 19.3 Å². The summed E-state index contributed by atoms with van der Waals surface area (Å²) in [5, 5.41) is 0.462. The third kappa shape index (κ3) is 6.91. The highest BCUT2D eigenvalue weighted by atomic mass is 35.5. The molecule has 0 N–H and O–H groups in total. The first-order valence-electron chi connectivity index (χ1n) is 8.53. The second-order valence-corrected chi connectivity index (χ2v) is 6.81. The van der Waals surface area contributed by atoms with Gasteiger partial charge in [-0.05, 0) is 38.5 Å². The molecule has 0 aromatic heterocycles. The van der Waals surface area contributed by atoms with Crippen LogP contribution in [-0.2, 0) is 14.3 Å². The first-order chi connectivity index (χ1) is 11.4. The monoisotopic (exact) mass is 354 g/mol. The molecule has 0 radical (unpaired) electrons. The van der Waals surface area contributed by atoms with Gasteiger partial charge in [-0.3, -0.25) is 9.59 Å². The van der Waals surface area contributed by atoms with E-state index in [-0.39, 0.29) is 0 Å². The summed E-state index contributed by atoms with van der Waals surface area (Å²) in [6.45, 7) is 5.51. The molecule has 0 bridgehead atoms. The number of carbonyl (C=O) groups is 2.